The molecule has 1 N–H and O–H groups in total. The smallest absolute Gasteiger partial charge is 0.367 e. The molecule has 0 aromatic heterocycles. The number of nitrogens with one attached hydrogen (secondary N) is 1. The minimum Gasteiger partial charge on any atom is -0.367 e. The van der Waals surface area contributed by atoms with Crippen molar-refractivity contribution in [2.75, 3.05) is 16.8 Å². The largest absolute Gasteiger partial charge is 0.416 e. The summed E-state index contributed by atoms with van der Waals surface area (Å²) in [7, 11) is 0. The first kappa shape index (κ1) is 16.4. The maximum atomic E-state index is 12.6. The Labute approximate surface area is 138 Å². The molecular formula is C18H17F3N2O. The van der Waals surface area contributed by atoms with Gasteiger partial charge in [-0.1, -0.05) is 12.1 Å². The van der Waals surface area contributed by atoms with Gasteiger partial charge in [-0.2, -0.15) is 13.2 Å². The molecule has 0 saturated carbocycles. The highest BCUT2D eigenvalue weighted by Gasteiger charge is 2.30. The van der Waals surface area contributed by atoms with E-state index in [0.29, 0.717) is 6.54 Å². The molecule has 126 valence electrons. The van der Waals surface area contributed by atoms with Crippen molar-refractivity contribution in [3.8, 4) is 0 Å². The quantitative estimate of drug-likeness (QED) is 0.911. The molecule has 6 heteroatoms. The van der Waals surface area contributed by atoms with E-state index in [9.17, 15) is 18.0 Å². The van der Waals surface area contributed by atoms with E-state index in [1.807, 2.05) is 18.2 Å². The van der Waals surface area contributed by atoms with Crippen LogP contribution in [-0.2, 0) is 23.9 Å². The predicted octanol–water partition coefficient (Wildman–Crippen LogP) is 4.23. The van der Waals surface area contributed by atoms with E-state index >= 15 is 0 Å². The molecule has 0 fully saturated rings. The third kappa shape index (κ3) is 3.53. The van der Waals surface area contributed by atoms with Gasteiger partial charge in [-0.25, -0.2) is 0 Å². The molecule has 3 nitrogen and oxygen atoms in total. The Morgan fingerprint density at radius 2 is 1.88 bits per heavy atom. The van der Waals surface area contributed by atoms with E-state index in [0.717, 1.165) is 47.6 Å². The number of alkyl halides is 3. The van der Waals surface area contributed by atoms with Gasteiger partial charge < -0.3 is 10.2 Å². The summed E-state index contributed by atoms with van der Waals surface area (Å²) in [5.74, 6) is -0.116. The fourth-order valence-electron chi connectivity index (χ4n) is 2.93. The fraction of sp³-hybridized carbons (Fsp3) is 0.278. The zero-order valence-electron chi connectivity index (χ0n) is 13.2. The van der Waals surface area contributed by atoms with Crippen LogP contribution in [0.15, 0.2) is 42.5 Å². The summed E-state index contributed by atoms with van der Waals surface area (Å²) in [5.41, 5.74) is 3.16. The van der Waals surface area contributed by atoms with Crippen molar-refractivity contribution in [1.82, 2.24) is 0 Å². The summed E-state index contributed by atoms with van der Waals surface area (Å²) in [6.45, 7) is 2.83. The van der Waals surface area contributed by atoms with Crippen LogP contribution in [0.25, 0.3) is 0 Å². The van der Waals surface area contributed by atoms with Crippen molar-refractivity contribution >= 4 is 17.3 Å². The van der Waals surface area contributed by atoms with E-state index in [-0.39, 0.29) is 5.91 Å². The minimum atomic E-state index is -4.31. The number of carbonyl (C=O) groups excluding carboxylic acids is 1. The molecule has 0 spiro atoms. The highest BCUT2D eigenvalue weighted by atomic mass is 19.4. The summed E-state index contributed by atoms with van der Waals surface area (Å²) in [5, 5.41) is 2.76. The third-order valence-corrected chi connectivity index (χ3v) is 4.05. The molecule has 3 rings (SSSR count). The van der Waals surface area contributed by atoms with E-state index in [1.54, 1.807) is 0 Å². The Balaban J connectivity index is 1.74. The standard InChI is InChI=1S/C18H17F3N2O/c1-12(24)22-16-6-7-17-14(10-16)8-9-23(17)11-13-2-4-15(5-3-13)18(19,20)21/h2-7,10H,8-9,11H2,1H3,(H,22,24). The van der Waals surface area contributed by atoms with Gasteiger partial charge in [0.1, 0.15) is 0 Å². The number of rotatable bonds is 3. The second-order valence-corrected chi connectivity index (χ2v) is 5.89. The third-order valence-electron chi connectivity index (χ3n) is 4.05. The van der Waals surface area contributed by atoms with E-state index in [4.69, 9.17) is 0 Å². The van der Waals surface area contributed by atoms with Crippen LogP contribution in [0.2, 0.25) is 0 Å². The lowest BCUT2D eigenvalue weighted by Crippen LogP contribution is -2.19. The van der Waals surface area contributed by atoms with E-state index in [2.05, 4.69) is 10.2 Å². The number of fused-ring (bicyclic) bond motifs is 1. The zero-order chi connectivity index (χ0) is 17.3. The van der Waals surface area contributed by atoms with Crippen LogP contribution in [0.5, 0.6) is 0 Å². The van der Waals surface area contributed by atoms with Crippen LogP contribution < -0.4 is 10.2 Å². The normalized spacial score (nSPS) is 13.8. The van der Waals surface area contributed by atoms with Gasteiger partial charge in [-0.15, -0.1) is 0 Å². The Bertz CT molecular complexity index is 754. The lowest BCUT2D eigenvalue weighted by Gasteiger charge is -2.20. The van der Waals surface area contributed by atoms with Gasteiger partial charge in [0, 0.05) is 31.4 Å². The number of benzene rings is 2. The number of nitrogens with zero attached hydrogens (tertiary/aromatic N) is 1. The molecule has 0 unspecified atom stereocenters. The first-order valence-electron chi connectivity index (χ1n) is 7.64. The molecular weight excluding hydrogens is 317 g/mol. The lowest BCUT2D eigenvalue weighted by atomic mass is 10.1. The Morgan fingerprint density at radius 1 is 1.17 bits per heavy atom. The molecule has 0 atom stereocenters. The van der Waals surface area contributed by atoms with Crippen LogP contribution in [0.4, 0.5) is 24.5 Å². The Morgan fingerprint density at radius 3 is 2.50 bits per heavy atom. The maximum absolute atomic E-state index is 12.6. The van der Waals surface area contributed by atoms with E-state index < -0.39 is 11.7 Å². The number of anilines is 2. The van der Waals surface area contributed by atoms with Crippen molar-refractivity contribution < 1.29 is 18.0 Å². The average Bonchev–Trinajstić information content (AvgIpc) is 2.88. The summed E-state index contributed by atoms with van der Waals surface area (Å²) < 4.78 is 37.8. The molecule has 0 bridgehead atoms. The highest BCUT2D eigenvalue weighted by molar-refractivity contribution is 5.89. The first-order valence-corrected chi connectivity index (χ1v) is 7.64. The molecule has 24 heavy (non-hydrogen) atoms. The van der Waals surface area contributed by atoms with Gasteiger partial charge in [0.15, 0.2) is 0 Å². The van der Waals surface area contributed by atoms with Crippen LogP contribution >= 0.6 is 0 Å². The van der Waals surface area contributed by atoms with Crippen LogP contribution in [0, 0.1) is 0 Å². The molecule has 2 aromatic rings. The summed E-state index contributed by atoms with van der Waals surface area (Å²) >= 11 is 0. The van der Waals surface area contributed by atoms with Crippen LogP contribution in [-0.4, -0.2) is 12.5 Å². The van der Waals surface area contributed by atoms with Crippen molar-refractivity contribution in [3.63, 3.8) is 0 Å². The van der Waals surface area contributed by atoms with Crippen molar-refractivity contribution in [2.24, 2.45) is 0 Å². The summed E-state index contributed by atoms with van der Waals surface area (Å²) in [6.07, 6.45) is -3.46. The summed E-state index contributed by atoms with van der Waals surface area (Å²) in [6, 6.07) is 11.0. The van der Waals surface area contributed by atoms with Gasteiger partial charge >= 0.3 is 6.18 Å². The molecule has 0 radical (unpaired) electrons. The Kier molecular flexibility index (Phi) is 4.22. The maximum Gasteiger partial charge on any atom is 0.416 e. The molecule has 0 aliphatic carbocycles. The minimum absolute atomic E-state index is 0.116. The molecule has 2 aromatic carbocycles. The van der Waals surface area contributed by atoms with Gasteiger partial charge in [0.2, 0.25) is 5.91 Å². The average molecular weight is 334 g/mol. The summed E-state index contributed by atoms with van der Waals surface area (Å²) in [4.78, 5) is 13.2. The fourth-order valence-corrected chi connectivity index (χ4v) is 2.93. The van der Waals surface area contributed by atoms with Crippen LogP contribution in [0.1, 0.15) is 23.6 Å². The SMILES string of the molecule is CC(=O)Nc1ccc2c(c1)CCN2Cc1ccc(C(F)(F)F)cc1. The Hall–Kier alpha value is -2.50. The zero-order valence-corrected chi connectivity index (χ0v) is 13.2. The molecule has 1 amide bonds. The van der Waals surface area contributed by atoms with E-state index in [1.165, 1.54) is 19.1 Å². The topological polar surface area (TPSA) is 32.3 Å². The second-order valence-electron chi connectivity index (χ2n) is 5.89. The number of amides is 1. The number of halogens is 3. The van der Waals surface area contributed by atoms with Gasteiger partial charge in [-0.05, 0) is 47.9 Å². The second kappa shape index (κ2) is 6.19. The molecule has 1 aliphatic rings. The van der Waals surface area contributed by atoms with Gasteiger partial charge in [0.25, 0.3) is 0 Å². The van der Waals surface area contributed by atoms with Crippen molar-refractivity contribution in [3.05, 3.63) is 59.2 Å². The number of hydrogen-bond donors (Lipinski definition) is 1. The number of hydrogen-bond acceptors (Lipinski definition) is 2. The van der Waals surface area contributed by atoms with Crippen LogP contribution in [0.3, 0.4) is 0 Å². The lowest BCUT2D eigenvalue weighted by molar-refractivity contribution is -0.137. The van der Waals surface area contributed by atoms with Crippen molar-refractivity contribution in [2.45, 2.75) is 26.1 Å². The predicted molar refractivity (Wildman–Crippen MR) is 86.9 cm³/mol. The van der Waals surface area contributed by atoms with Crippen molar-refractivity contribution in [1.29, 1.82) is 0 Å². The van der Waals surface area contributed by atoms with Gasteiger partial charge in [-0.3, -0.25) is 4.79 Å². The number of carbonyl (C=O) groups is 1. The molecule has 1 heterocycles. The van der Waals surface area contributed by atoms with Gasteiger partial charge in [0.05, 0.1) is 5.56 Å². The first-order chi connectivity index (χ1) is 11.3. The highest BCUT2D eigenvalue weighted by Crippen LogP contribution is 2.33. The molecule has 1 aliphatic heterocycles. The monoisotopic (exact) mass is 334 g/mol. The molecule has 0 saturated heterocycles.